The van der Waals surface area contributed by atoms with Crippen LogP contribution in [0, 0.1) is 0 Å². The maximum Gasteiger partial charge on any atom is 0.189 e. The third kappa shape index (κ3) is 1.85. The topological polar surface area (TPSA) is 48.0 Å². The molecule has 1 aromatic heterocycles. The van der Waals surface area contributed by atoms with Crippen molar-refractivity contribution in [2.45, 2.75) is 32.2 Å². The molecule has 1 aliphatic rings. The van der Waals surface area contributed by atoms with E-state index in [4.69, 9.17) is 5.73 Å². The van der Waals surface area contributed by atoms with Crippen LogP contribution in [-0.2, 0) is 19.4 Å². The molecule has 0 radical (unpaired) electrons. The van der Waals surface area contributed by atoms with Gasteiger partial charge < -0.3 is 10.3 Å². The lowest BCUT2D eigenvalue weighted by molar-refractivity contribution is 0.629. The van der Waals surface area contributed by atoms with Crippen molar-refractivity contribution in [3.63, 3.8) is 0 Å². The summed E-state index contributed by atoms with van der Waals surface area (Å²) in [5, 5.41) is 0.877. The van der Waals surface area contributed by atoms with E-state index in [0.29, 0.717) is 6.54 Å². The lowest BCUT2D eigenvalue weighted by Crippen LogP contribution is -2.15. The molecule has 3 nitrogen and oxygen atoms in total. The first-order valence-electron chi connectivity index (χ1n) is 6.64. The third-order valence-corrected chi connectivity index (χ3v) is 3.72. The Balaban J connectivity index is 2.22. The van der Waals surface area contributed by atoms with Crippen LogP contribution in [0.2, 0.25) is 0 Å². The van der Waals surface area contributed by atoms with E-state index in [0.717, 1.165) is 43.1 Å². The van der Waals surface area contributed by atoms with E-state index in [-0.39, 0.29) is 5.43 Å². The fraction of sp³-hybridized carbons (Fsp3) is 0.400. The van der Waals surface area contributed by atoms with Gasteiger partial charge in [-0.3, -0.25) is 4.79 Å². The van der Waals surface area contributed by atoms with E-state index in [9.17, 15) is 4.79 Å². The van der Waals surface area contributed by atoms with Crippen molar-refractivity contribution in [2.75, 3.05) is 6.54 Å². The fourth-order valence-electron chi connectivity index (χ4n) is 2.88. The molecule has 1 aliphatic heterocycles. The highest BCUT2D eigenvalue weighted by Gasteiger charge is 2.13. The van der Waals surface area contributed by atoms with Gasteiger partial charge in [-0.1, -0.05) is 6.07 Å². The first-order valence-corrected chi connectivity index (χ1v) is 6.64. The minimum Gasteiger partial charge on any atom is -0.347 e. The van der Waals surface area contributed by atoms with Crippen LogP contribution < -0.4 is 11.2 Å². The highest BCUT2D eigenvalue weighted by molar-refractivity contribution is 5.83. The van der Waals surface area contributed by atoms with Gasteiger partial charge in [0.2, 0.25) is 0 Å². The SMILES string of the molecule is NCCCc1cc2c3c(c1)c(=O)ccn3CCC2. The van der Waals surface area contributed by atoms with Crippen molar-refractivity contribution in [3.8, 4) is 0 Å². The Bertz CT molecular complexity index is 643. The summed E-state index contributed by atoms with van der Waals surface area (Å²) < 4.78 is 2.21. The molecule has 0 saturated carbocycles. The van der Waals surface area contributed by atoms with E-state index < -0.39 is 0 Å². The minimum absolute atomic E-state index is 0.138. The Labute approximate surface area is 106 Å². The first-order chi connectivity index (χ1) is 8.79. The van der Waals surface area contributed by atoms with Crippen LogP contribution in [0.15, 0.2) is 29.2 Å². The Morgan fingerprint density at radius 3 is 3.06 bits per heavy atom. The number of hydrogen-bond acceptors (Lipinski definition) is 2. The lowest BCUT2D eigenvalue weighted by Gasteiger charge is -2.20. The first kappa shape index (κ1) is 11.5. The van der Waals surface area contributed by atoms with Gasteiger partial charge in [0.1, 0.15) is 0 Å². The molecule has 0 amide bonds. The molecule has 2 heterocycles. The average Bonchev–Trinajstić information content (AvgIpc) is 2.40. The summed E-state index contributed by atoms with van der Waals surface area (Å²) in [6.07, 6.45) is 6.11. The number of nitrogens with zero attached hydrogens (tertiary/aromatic N) is 1. The van der Waals surface area contributed by atoms with Gasteiger partial charge >= 0.3 is 0 Å². The molecule has 3 rings (SSSR count). The third-order valence-electron chi connectivity index (χ3n) is 3.72. The van der Waals surface area contributed by atoms with Gasteiger partial charge in [-0.25, -0.2) is 0 Å². The molecule has 0 atom stereocenters. The van der Waals surface area contributed by atoms with E-state index in [2.05, 4.69) is 16.7 Å². The van der Waals surface area contributed by atoms with Gasteiger partial charge in [-0.05, 0) is 49.4 Å². The number of hydrogen-bond donors (Lipinski definition) is 1. The molecule has 0 fully saturated rings. The Morgan fingerprint density at radius 1 is 1.33 bits per heavy atom. The molecule has 18 heavy (non-hydrogen) atoms. The predicted octanol–water partition coefficient (Wildman–Crippen LogP) is 1.84. The number of aryl methyl sites for hydroxylation is 3. The van der Waals surface area contributed by atoms with Crippen LogP contribution in [0.5, 0.6) is 0 Å². The average molecular weight is 242 g/mol. The van der Waals surface area contributed by atoms with Gasteiger partial charge in [0.05, 0.1) is 5.52 Å². The molecule has 2 aromatic rings. The zero-order valence-corrected chi connectivity index (χ0v) is 10.5. The van der Waals surface area contributed by atoms with Gasteiger partial charge in [0, 0.05) is 24.2 Å². The van der Waals surface area contributed by atoms with E-state index in [1.807, 2.05) is 6.20 Å². The van der Waals surface area contributed by atoms with Gasteiger partial charge in [0.15, 0.2) is 5.43 Å². The van der Waals surface area contributed by atoms with Crippen LogP contribution >= 0.6 is 0 Å². The molecule has 0 bridgehead atoms. The second kappa shape index (κ2) is 4.58. The Morgan fingerprint density at radius 2 is 2.22 bits per heavy atom. The molecule has 0 unspecified atom stereocenters. The maximum absolute atomic E-state index is 12.0. The van der Waals surface area contributed by atoms with E-state index in [1.54, 1.807) is 6.07 Å². The van der Waals surface area contributed by atoms with Crippen molar-refractivity contribution in [2.24, 2.45) is 5.73 Å². The smallest absolute Gasteiger partial charge is 0.189 e. The Hall–Kier alpha value is -1.61. The summed E-state index contributed by atoms with van der Waals surface area (Å²) in [7, 11) is 0. The maximum atomic E-state index is 12.0. The van der Waals surface area contributed by atoms with Gasteiger partial charge in [-0.15, -0.1) is 0 Å². The van der Waals surface area contributed by atoms with Crippen LogP contribution in [-0.4, -0.2) is 11.1 Å². The largest absolute Gasteiger partial charge is 0.347 e. The number of benzene rings is 1. The summed E-state index contributed by atoms with van der Waals surface area (Å²) >= 11 is 0. The van der Waals surface area contributed by atoms with Crippen LogP contribution in [0.25, 0.3) is 10.9 Å². The summed E-state index contributed by atoms with van der Waals surface area (Å²) in [6.45, 7) is 1.72. The van der Waals surface area contributed by atoms with Gasteiger partial charge in [-0.2, -0.15) is 0 Å². The number of aromatic nitrogens is 1. The zero-order valence-electron chi connectivity index (χ0n) is 10.5. The highest BCUT2D eigenvalue weighted by atomic mass is 16.1. The van der Waals surface area contributed by atoms with Crippen molar-refractivity contribution in [1.82, 2.24) is 4.57 Å². The number of rotatable bonds is 3. The molecule has 94 valence electrons. The second-order valence-corrected chi connectivity index (χ2v) is 5.02. The van der Waals surface area contributed by atoms with E-state index >= 15 is 0 Å². The molecule has 2 N–H and O–H groups in total. The zero-order chi connectivity index (χ0) is 12.5. The molecular formula is C15H18N2O. The van der Waals surface area contributed by atoms with Crippen LogP contribution in [0.1, 0.15) is 24.0 Å². The predicted molar refractivity (Wildman–Crippen MR) is 73.9 cm³/mol. The molecule has 0 spiro atoms. The van der Waals surface area contributed by atoms with Crippen molar-refractivity contribution < 1.29 is 0 Å². The Kier molecular flexibility index (Phi) is 2.92. The minimum atomic E-state index is 0.138. The lowest BCUT2D eigenvalue weighted by atomic mass is 9.96. The molecular weight excluding hydrogens is 224 g/mol. The van der Waals surface area contributed by atoms with Gasteiger partial charge in [0.25, 0.3) is 0 Å². The van der Waals surface area contributed by atoms with Crippen molar-refractivity contribution >= 4 is 10.9 Å². The molecule has 3 heteroatoms. The molecule has 0 saturated heterocycles. The van der Waals surface area contributed by atoms with Crippen molar-refractivity contribution in [1.29, 1.82) is 0 Å². The normalized spacial score (nSPS) is 14.1. The van der Waals surface area contributed by atoms with E-state index in [1.165, 1.54) is 11.1 Å². The number of nitrogens with two attached hydrogens (primary N) is 1. The molecule has 1 aromatic carbocycles. The summed E-state index contributed by atoms with van der Waals surface area (Å²) in [5.74, 6) is 0. The second-order valence-electron chi connectivity index (χ2n) is 5.02. The summed E-state index contributed by atoms with van der Waals surface area (Å²) in [6, 6.07) is 6.00. The monoisotopic (exact) mass is 242 g/mol. The molecule has 0 aliphatic carbocycles. The number of pyridine rings is 1. The summed E-state index contributed by atoms with van der Waals surface area (Å²) in [5.41, 5.74) is 9.41. The highest BCUT2D eigenvalue weighted by Crippen LogP contribution is 2.25. The van der Waals surface area contributed by atoms with Crippen molar-refractivity contribution in [3.05, 3.63) is 45.7 Å². The van der Waals surface area contributed by atoms with Crippen LogP contribution in [0.4, 0.5) is 0 Å². The fourth-order valence-corrected chi connectivity index (χ4v) is 2.88. The quantitative estimate of drug-likeness (QED) is 0.892. The van der Waals surface area contributed by atoms with Crippen LogP contribution in [0.3, 0.4) is 0 Å². The standard InChI is InChI=1S/C15H18N2O/c16-6-1-3-11-9-12-4-2-7-17-8-5-14(18)13(10-11)15(12)17/h5,8-10H,1-4,6-7,16H2. The summed E-state index contributed by atoms with van der Waals surface area (Å²) in [4.78, 5) is 12.0.